The fourth-order valence-corrected chi connectivity index (χ4v) is 4.18. The highest BCUT2D eigenvalue weighted by Crippen LogP contribution is 2.31. The van der Waals surface area contributed by atoms with E-state index in [2.05, 4.69) is 15.3 Å². The van der Waals surface area contributed by atoms with Gasteiger partial charge in [0, 0.05) is 23.9 Å². The van der Waals surface area contributed by atoms with Gasteiger partial charge in [-0.25, -0.2) is 4.98 Å². The zero-order chi connectivity index (χ0) is 22.8. The third-order valence-corrected chi connectivity index (χ3v) is 5.85. The van der Waals surface area contributed by atoms with Gasteiger partial charge in [-0.15, -0.1) is 0 Å². The van der Waals surface area contributed by atoms with Gasteiger partial charge in [-0.1, -0.05) is 24.3 Å². The molecule has 1 fully saturated rings. The zero-order valence-corrected chi connectivity index (χ0v) is 18.1. The lowest BCUT2D eigenvalue weighted by Crippen LogP contribution is -2.35. The van der Waals surface area contributed by atoms with Gasteiger partial charge in [-0.3, -0.25) is 15.1 Å². The molecule has 1 aliphatic rings. The van der Waals surface area contributed by atoms with Crippen LogP contribution in [-0.4, -0.2) is 52.0 Å². The number of benzene rings is 2. The third kappa shape index (κ3) is 4.06. The zero-order valence-electron chi connectivity index (χ0n) is 18.1. The summed E-state index contributed by atoms with van der Waals surface area (Å²) in [5.74, 6) is 0.721. The quantitative estimate of drug-likeness (QED) is 0.487. The van der Waals surface area contributed by atoms with Gasteiger partial charge >= 0.3 is 0 Å². The lowest BCUT2D eigenvalue weighted by Gasteiger charge is -2.30. The molecule has 2 aromatic heterocycles. The number of aliphatic hydroxyl groups is 1. The van der Waals surface area contributed by atoms with Crippen molar-refractivity contribution in [2.24, 2.45) is 0 Å². The van der Waals surface area contributed by atoms with Crippen LogP contribution in [0.1, 0.15) is 22.8 Å². The molecule has 2 aromatic carbocycles. The van der Waals surface area contributed by atoms with E-state index in [0.29, 0.717) is 42.6 Å². The lowest BCUT2D eigenvalue weighted by atomic mass is 10.1. The molecule has 8 nitrogen and oxygen atoms in total. The Kier molecular flexibility index (Phi) is 5.77. The average molecular weight is 444 g/mol. The van der Waals surface area contributed by atoms with E-state index in [-0.39, 0.29) is 11.9 Å². The molecule has 0 spiro atoms. The third-order valence-electron chi connectivity index (χ3n) is 5.85. The van der Waals surface area contributed by atoms with E-state index >= 15 is 0 Å². The first-order valence-corrected chi connectivity index (χ1v) is 10.8. The fourth-order valence-electron chi connectivity index (χ4n) is 4.18. The fraction of sp³-hybridized carbons (Fsp3) is 0.240. The van der Waals surface area contributed by atoms with Crippen molar-refractivity contribution in [1.82, 2.24) is 14.5 Å². The largest absolute Gasteiger partial charge is 0.496 e. The van der Waals surface area contributed by atoms with E-state index in [1.165, 1.54) is 0 Å². The second-order valence-corrected chi connectivity index (χ2v) is 7.88. The molecule has 1 amide bonds. The number of aliphatic hydroxyl groups excluding tert-OH is 1. The number of nitrogens with one attached hydrogen (secondary N) is 1. The monoisotopic (exact) mass is 444 g/mol. The Balaban J connectivity index is 1.50. The minimum Gasteiger partial charge on any atom is -0.496 e. The summed E-state index contributed by atoms with van der Waals surface area (Å²) in [5.41, 5.74) is 3.42. The van der Waals surface area contributed by atoms with E-state index in [1.54, 1.807) is 25.4 Å². The summed E-state index contributed by atoms with van der Waals surface area (Å²) in [5, 5.41) is 13.6. The molecule has 1 aliphatic heterocycles. The second kappa shape index (κ2) is 9.01. The van der Waals surface area contributed by atoms with Crippen LogP contribution in [0, 0.1) is 0 Å². The van der Waals surface area contributed by atoms with Crippen LogP contribution in [0.3, 0.4) is 0 Å². The smallest absolute Gasteiger partial charge is 0.258 e. The van der Waals surface area contributed by atoms with Crippen molar-refractivity contribution >= 4 is 22.9 Å². The summed E-state index contributed by atoms with van der Waals surface area (Å²) in [7, 11) is 1.60. The van der Waals surface area contributed by atoms with Crippen molar-refractivity contribution in [2.45, 2.75) is 18.6 Å². The first-order chi connectivity index (χ1) is 16.2. The summed E-state index contributed by atoms with van der Waals surface area (Å²) >= 11 is 0. The number of hydrogen-bond acceptors (Lipinski definition) is 6. The van der Waals surface area contributed by atoms with E-state index < -0.39 is 6.10 Å². The summed E-state index contributed by atoms with van der Waals surface area (Å²) < 4.78 is 12.9. The van der Waals surface area contributed by atoms with Crippen molar-refractivity contribution in [2.75, 3.05) is 25.6 Å². The van der Waals surface area contributed by atoms with Crippen LogP contribution in [0.15, 0.2) is 66.9 Å². The average Bonchev–Trinajstić information content (AvgIpc) is 3.22. The Morgan fingerprint density at radius 1 is 1.18 bits per heavy atom. The number of carbonyl (C=O) groups is 1. The number of amides is 1. The van der Waals surface area contributed by atoms with Gasteiger partial charge in [-0.2, -0.15) is 0 Å². The van der Waals surface area contributed by atoms with Crippen LogP contribution in [0.4, 0.5) is 5.95 Å². The topological polar surface area (TPSA) is 98.5 Å². The van der Waals surface area contributed by atoms with Gasteiger partial charge in [0.25, 0.3) is 5.91 Å². The number of hydrogen-bond donors (Lipinski definition) is 2. The number of pyridine rings is 1. The molecule has 0 radical (unpaired) electrons. The first-order valence-electron chi connectivity index (χ1n) is 10.8. The molecule has 33 heavy (non-hydrogen) atoms. The molecule has 168 valence electrons. The van der Waals surface area contributed by atoms with Crippen LogP contribution >= 0.6 is 0 Å². The summed E-state index contributed by atoms with van der Waals surface area (Å²) in [6, 6.07) is 18.2. The van der Waals surface area contributed by atoms with Crippen molar-refractivity contribution in [3.05, 3.63) is 72.4 Å². The van der Waals surface area contributed by atoms with Crippen molar-refractivity contribution < 1.29 is 19.4 Å². The van der Waals surface area contributed by atoms with Gasteiger partial charge in [0.2, 0.25) is 5.95 Å². The molecule has 4 aromatic rings. The highest BCUT2D eigenvalue weighted by atomic mass is 16.5. The Bertz CT molecular complexity index is 1300. The number of imidazole rings is 1. The molecule has 0 unspecified atom stereocenters. The number of methoxy groups -OCH3 is 1. The summed E-state index contributed by atoms with van der Waals surface area (Å²) in [6.45, 7) is 0.853. The van der Waals surface area contributed by atoms with Crippen LogP contribution in [0.5, 0.6) is 5.75 Å². The number of fused-ring (bicyclic) bond motifs is 1. The first kappa shape index (κ1) is 21.1. The Morgan fingerprint density at radius 3 is 2.85 bits per heavy atom. The summed E-state index contributed by atoms with van der Waals surface area (Å²) in [4.78, 5) is 22.3. The van der Waals surface area contributed by atoms with Crippen LogP contribution < -0.4 is 10.1 Å². The normalized spacial score (nSPS) is 18.2. The minimum absolute atomic E-state index is 0.323. The Morgan fingerprint density at radius 2 is 2.00 bits per heavy atom. The van der Waals surface area contributed by atoms with E-state index in [1.807, 2.05) is 53.1 Å². The van der Waals surface area contributed by atoms with Crippen molar-refractivity contribution in [3.8, 4) is 17.0 Å². The maximum Gasteiger partial charge on any atom is 0.258 e. The second-order valence-electron chi connectivity index (χ2n) is 7.88. The molecule has 8 heteroatoms. The van der Waals surface area contributed by atoms with Gasteiger partial charge < -0.3 is 19.1 Å². The van der Waals surface area contributed by atoms with Crippen molar-refractivity contribution in [3.63, 3.8) is 0 Å². The van der Waals surface area contributed by atoms with Gasteiger partial charge in [0.15, 0.2) is 0 Å². The predicted octanol–water partition coefficient (Wildman–Crippen LogP) is 3.68. The number of ether oxygens (including phenoxy) is 2. The van der Waals surface area contributed by atoms with Crippen LogP contribution in [-0.2, 0) is 4.74 Å². The van der Waals surface area contributed by atoms with Gasteiger partial charge in [0.05, 0.1) is 42.6 Å². The lowest BCUT2D eigenvalue weighted by molar-refractivity contribution is -0.0271. The SMILES string of the molecule is COc1ccccc1-c1cc(C(=O)Nc2nc3ccccc3n2[C@H]2COCC[C@@H]2O)ccn1. The standard InChI is InChI=1S/C25H24N4O4/c1-32-23-9-5-2-6-17(23)19-14-16(10-12-26-19)24(31)28-25-27-18-7-3-4-8-20(18)29(25)21-15-33-13-11-22(21)30/h2-10,12,14,21-22,30H,11,13,15H2,1H3,(H,27,28,31)/t21-,22-/m0/s1. The highest BCUT2D eigenvalue weighted by Gasteiger charge is 2.29. The molecular weight excluding hydrogens is 420 g/mol. The van der Waals surface area contributed by atoms with Crippen LogP contribution in [0.25, 0.3) is 22.3 Å². The molecule has 3 heterocycles. The number of rotatable bonds is 5. The van der Waals surface area contributed by atoms with E-state index in [9.17, 15) is 9.90 Å². The predicted molar refractivity (Wildman–Crippen MR) is 124 cm³/mol. The van der Waals surface area contributed by atoms with Gasteiger partial charge in [-0.05, 0) is 42.8 Å². The molecule has 0 aliphatic carbocycles. The number of nitrogens with zero attached hydrogens (tertiary/aromatic N) is 3. The summed E-state index contributed by atoms with van der Waals surface area (Å²) in [6.07, 6.45) is 1.53. The van der Waals surface area contributed by atoms with Crippen molar-refractivity contribution in [1.29, 1.82) is 0 Å². The Labute approximate surface area is 190 Å². The number of anilines is 1. The number of para-hydroxylation sites is 3. The van der Waals surface area contributed by atoms with Crippen LogP contribution in [0.2, 0.25) is 0 Å². The number of carbonyl (C=O) groups excluding carboxylic acids is 1. The molecule has 2 N–H and O–H groups in total. The molecule has 5 rings (SSSR count). The van der Waals surface area contributed by atoms with E-state index in [4.69, 9.17) is 9.47 Å². The molecule has 2 atom stereocenters. The number of aromatic nitrogens is 3. The molecule has 1 saturated heterocycles. The Hall–Kier alpha value is -3.75. The van der Waals surface area contributed by atoms with E-state index in [0.717, 1.165) is 16.6 Å². The highest BCUT2D eigenvalue weighted by molar-refractivity contribution is 6.04. The minimum atomic E-state index is -0.593. The maximum absolute atomic E-state index is 13.2. The molecule has 0 saturated carbocycles. The molecule has 0 bridgehead atoms. The maximum atomic E-state index is 13.2. The molecular formula is C25H24N4O4. The van der Waals surface area contributed by atoms with Gasteiger partial charge in [0.1, 0.15) is 5.75 Å².